The topological polar surface area (TPSA) is 110 Å². The van der Waals surface area contributed by atoms with Gasteiger partial charge in [-0.2, -0.15) is 0 Å². The van der Waals surface area contributed by atoms with Gasteiger partial charge in [-0.15, -0.1) is 0 Å². The summed E-state index contributed by atoms with van der Waals surface area (Å²) in [7, 11) is 1.45. The quantitative estimate of drug-likeness (QED) is 0.571. The molecule has 1 atom stereocenters. The first kappa shape index (κ1) is 22.0. The molecule has 0 radical (unpaired) electrons. The first-order valence-electron chi connectivity index (χ1n) is 11.6. The Morgan fingerprint density at radius 1 is 1.27 bits per heavy atom. The highest BCUT2D eigenvalue weighted by molar-refractivity contribution is 6.03. The van der Waals surface area contributed by atoms with E-state index in [9.17, 15) is 14.7 Å². The Morgan fingerprint density at radius 2 is 1.97 bits per heavy atom. The molecule has 2 heterocycles. The molecule has 178 valence electrons. The molecule has 33 heavy (non-hydrogen) atoms. The molecule has 2 aromatic rings. The number of nitrogens with one attached hydrogen (secondary N) is 1. The van der Waals surface area contributed by atoms with E-state index < -0.39 is 22.8 Å². The van der Waals surface area contributed by atoms with Crippen LogP contribution in [-0.2, 0) is 0 Å². The number of halogens is 1. The number of carboxylic acids is 1. The van der Waals surface area contributed by atoms with Gasteiger partial charge in [-0.25, -0.2) is 9.18 Å². The van der Waals surface area contributed by atoms with Gasteiger partial charge in [-0.05, 0) is 37.5 Å². The Labute approximate surface area is 191 Å². The van der Waals surface area contributed by atoms with E-state index in [1.165, 1.54) is 26.1 Å². The maximum absolute atomic E-state index is 15.8. The van der Waals surface area contributed by atoms with Crippen molar-refractivity contribution in [3.63, 3.8) is 0 Å². The number of aromatic nitrogens is 1. The second-order valence-electron chi connectivity index (χ2n) is 10.3. The number of methoxy groups -OCH3 is 1. The zero-order chi connectivity index (χ0) is 23.7. The molecule has 1 saturated heterocycles. The summed E-state index contributed by atoms with van der Waals surface area (Å²) < 4.78 is 23.3. The number of hydrogen-bond acceptors (Lipinski definition) is 6. The van der Waals surface area contributed by atoms with Crippen molar-refractivity contribution in [3.8, 4) is 5.75 Å². The first-order chi connectivity index (χ1) is 15.6. The fourth-order valence-corrected chi connectivity index (χ4v) is 5.22. The van der Waals surface area contributed by atoms with Crippen LogP contribution in [0.25, 0.3) is 10.9 Å². The average molecular weight is 459 g/mol. The number of pyridine rings is 1. The lowest BCUT2D eigenvalue weighted by Crippen LogP contribution is -2.55. The van der Waals surface area contributed by atoms with Crippen LogP contribution in [-0.4, -0.2) is 47.9 Å². The van der Waals surface area contributed by atoms with E-state index in [2.05, 4.69) is 19.2 Å². The second-order valence-corrected chi connectivity index (χ2v) is 10.3. The third-order valence-electron chi connectivity index (χ3n) is 7.31. The Kier molecular flexibility index (Phi) is 5.08. The number of rotatable bonds is 6. The van der Waals surface area contributed by atoms with E-state index in [0.717, 1.165) is 19.3 Å². The van der Waals surface area contributed by atoms with Crippen LogP contribution in [0.4, 0.5) is 15.8 Å². The van der Waals surface area contributed by atoms with Crippen LogP contribution < -0.4 is 26.1 Å². The minimum Gasteiger partial charge on any atom is -0.492 e. The van der Waals surface area contributed by atoms with E-state index in [-0.39, 0.29) is 34.0 Å². The predicted octanol–water partition coefficient (Wildman–Crippen LogP) is 3.12. The van der Waals surface area contributed by atoms with Crippen LogP contribution in [0, 0.1) is 11.2 Å². The Bertz CT molecular complexity index is 1200. The van der Waals surface area contributed by atoms with Crippen molar-refractivity contribution in [2.45, 2.75) is 64.1 Å². The highest BCUT2D eigenvalue weighted by Crippen LogP contribution is 2.47. The number of nitrogens with zero attached hydrogens (tertiary/aromatic N) is 2. The Balaban J connectivity index is 1.68. The van der Waals surface area contributed by atoms with Crippen molar-refractivity contribution < 1.29 is 19.0 Å². The molecule has 0 spiro atoms. The van der Waals surface area contributed by atoms with E-state index in [1.807, 2.05) is 4.90 Å². The molecule has 3 aliphatic rings. The third-order valence-corrected chi connectivity index (χ3v) is 7.31. The summed E-state index contributed by atoms with van der Waals surface area (Å²) in [5, 5.41) is 13.2. The maximum atomic E-state index is 15.8. The van der Waals surface area contributed by atoms with Crippen LogP contribution in [0.1, 0.15) is 62.4 Å². The van der Waals surface area contributed by atoms with Crippen LogP contribution in [0.5, 0.6) is 5.75 Å². The molecule has 0 bridgehead atoms. The van der Waals surface area contributed by atoms with E-state index in [0.29, 0.717) is 30.7 Å². The summed E-state index contributed by atoms with van der Waals surface area (Å²) in [6.07, 6.45) is 6.30. The number of anilines is 2. The second kappa shape index (κ2) is 7.62. The number of ether oxygens (including phenoxy) is 1. The van der Waals surface area contributed by atoms with Gasteiger partial charge < -0.3 is 30.4 Å². The zero-order valence-corrected chi connectivity index (χ0v) is 19.3. The molecule has 1 aliphatic heterocycles. The highest BCUT2D eigenvalue weighted by Gasteiger charge is 2.41. The summed E-state index contributed by atoms with van der Waals surface area (Å²) in [4.78, 5) is 26.7. The van der Waals surface area contributed by atoms with Crippen LogP contribution in [0.3, 0.4) is 0 Å². The molecular weight excluding hydrogens is 427 g/mol. The number of carbonyl (C=O) groups is 1. The van der Waals surface area contributed by atoms with E-state index in [4.69, 9.17) is 10.5 Å². The Hall–Kier alpha value is -2.81. The van der Waals surface area contributed by atoms with Crippen molar-refractivity contribution in [3.05, 3.63) is 27.8 Å². The molecule has 2 saturated carbocycles. The number of piperidine rings is 1. The third kappa shape index (κ3) is 3.62. The number of aromatic carboxylic acids is 1. The summed E-state index contributed by atoms with van der Waals surface area (Å²) in [6, 6.07) is 0.943. The molecule has 5 rings (SSSR count). The van der Waals surface area contributed by atoms with Crippen molar-refractivity contribution in [1.29, 1.82) is 0 Å². The molecule has 0 amide bonds. The number of nitrogen functional groups attached to an aromatic ring is 1. The summed E-state index contributed by atoms with van der Waals surface area (Å²) in [5.74, 6) is -1.85. The fraction of sp³-hybridized carbons (Fsp3) is 0.583. The van der Waals surface area contributed by atoms with Gasteiger partial charge in [0.2, 0.25) is 5.43 Å². The van der Waals surface area contributed by atoms with Gasteiger partial charge in [0.05, 0.1) is 23.7 Å². The van der Waals surface area contributed by atoms with Gasteiger partial charge in [-0.3, -0.25) is 4.79 Å². The zero-order valence-electron chi connectivity index (χ0n) is 19.3. The van der Waals surface area contributed by atoms with Gasteiger partial charge in [0.1, 0.15) is 11.3 Å². The van der Waals surface area contributed by atoms with Gasteiger partial charge in [0, 0.05) is 37.4 Å². The fourth-order valence-electron chi connectivity index (χ4n) is 5.22. The molecule has 1 aromatic heterocycles. The molecule has 3 fully saturated rings. The SMILES string of the molecule is COc1c(N2CCC(NC3CC3)C(C)(C)C2)c(F)c(N)c2c(=O)c(C(=O)O)cn(C3CC3)c12. The van der Waals surface area contributed by atoms with Crippen molar-refractivity contribution in [2.24, 2.45) is 5.41 Å². The van der Waals surface area contributed by atoms with E-state index in [1.54, 1.807) is 4.57 Å². The lowest BCUT2D eigenvalue weighted by molar-refractivity contribution is 0.0695. The van der Waals surface area contributed by atoms with Crippen LogP contribution in [0.15, 0.2) is 11.0 Å². The lowest BCUT2D eigenvalue weighted by Gasteiger charge is -2.46. The number of benzene rings is 1. The maximum Gasteiger partial charge on any atom is 0.341 e. The number of nitrogens with two attached hydrogens (primary N) is 1. The summed E-state index contributed by atoms with van der Waals surface area (Å²) in [5.41, 5.74) is 5.18. The smallest absolute Gasteiger partial charge is 0.341 e. The predicted molar refractivity (Wildman–Crippen MR) is 125 cm³/mol. The average Bonchev–Trinajstić information content (AvgIpc) is 3.66. The first-order valence-corrected chi connectivity index (χ1v) is 11.6. The molecule has 1 unspecified atom stereocenters. The van der Waals surface area contributed by atoms with Gasteiger partial charge in [-0.1, -0.05) is 13.8 Å². The molecule has 1 aromatic carbocycles. The molecule has 9 heteroatoms. The molecule has 2 aliphatic carbocycles. The Morgan fingerprint density at radius 3 is 2.52 bits per heavy atom. The standard InChI is InChI=1S/C24H31FN4O4/c1-24(2)11-28(9-8-15(24)27-12-4-5-12)20-17(25)18(26)16-19(22(20)33-3)29(13-6-7-13)10-14(21(16)30)23(31)32/h10,12-13,15,27H,4-9,11,26H2,1-3H3,(H,31,32). The minimum atomic E-state index is -1.36. The van der Waals surface area contributed by atoms with Crippen LogP contribution >= 0.6 is 0 Å². The molecule has 8 nitrogen and oxygen atoms in total. The van der Waals surface area contributed by atoms with Gasteiger partial charge in [0.25, 0.3) is 0 Å². The monoisotopic (exact) mass is 458 g/mol. The number of fused-ring (bicyclic) bond motifs is 1. The summed E-state index contributed by atoms with van der Waals surface area (Å²) in [6.45, 7) is 5.56. The lowest BCUT2D eigenvalue weighted by atomic mass is 9.78. The van der Waals surface area contributed by atoms with Gasteiger partial charge in [0.15, 0.2) is 11.6 Å². The summed E-state index contributed by atoms with van der Waals surface area (Å²) >= 11 is 0. The van der Waals surface area contributed by atoms with Crippen molar-refractivity contribution in [2.75, 3.05) is 30.8 Å². The van der Waals surface area contributed by atoms with Crippen molar-refractivity contribution in [1.82, 2.24) is 9.88 Å². The van der Waals surface area contributed by atoms with E-state index >= 15 is 4.39 Å². The van der Waals surface area contributed by atoms with Crippen LogP contribution in [0.2, 0.25) is 0 Å². The largest absolute Gasteiger partial charge is 0.492 e. The minimum absolute atomic E-state index is 0.0303. The number of carboxylic acid groups (broad SMARTS) is 1. The normalized spacial score (nSPS) is 22.5. The van der Waals surface area contributed by atoms with Gasteiger partial charge >= 0.3 is 5.97 Å². The molecule has 4 N–H and O–H groups in total. The highest BCUT2D eigenvalue weighted by atomic mass is 19.1. The molecular formula is C24H31FN4O4. The van der Waals surface area contributed by atoms with Crippen molar-refractivity contribution >= 4 is 28.2 Å². The number of hydrogen-bond donors (Lipinski definition) is 3.